The van der Waals surface area contributed by atoms with Crippen LogP contribution in [0.15, 0.2) is 0 Å². The molecule has 1 rings (SSSR count). The van der Waals surface area contributed by atoms with E-state index < -0.39 is 14.8 Å². The van der Waals surface area contributed by atoms with Gasteiger partial charge in [-0.25, -0.2) is 0 Å². The van der Waals surface area contributed by atoms with Gasteiger partial charge in [-0.2, -0.15) is 0 Å². The van der Waals surface area contributed by atoms with Crippen LogP contribution < -0.4 is 0 Å². The Labute approximate surface area is 87.1 Å². The van der Waals surface area contributed by atoms with Gasteiger partial charge in [0.25, 0.3) is 0 Å². The molecule has 1 N–H and O–H groups in total. The molecule has 1 saturated heterocycles. The average Bonchev–Trinajstić information content (AvgIpc) is 2.17. The minimum absolute atomic E-state index is 0.313. The summed E-state index contributed by atoms with van der Waals surface area (Å²) in [4.78, 5) is 10.6. The molecule has 0 aliphatic carbocycles. The summed E-state index contributed by atoms with van der Waals surface area (Å²) in [6, 6.07) is 0. The minimum Gasteiger partial charge on any atom is -0.481 e. The molecule has 0 bridgehead atoms. The number of hydrogen-bond donors (Lipinski definition) is 1. The molecule has 0 aromatic heterocycles. The molecule has 0 aromatic carbocycles. The Morgan fingerprint density at radius 3 is 2.86 bits per heavy atom. The van der Waals surface area contributed by atoms with E-state index in [0.29, 0.717) is 17.7 Å². The van der Waals surface area contributed by atoms with E-state index in [1.165, 1.54) is 12.8 Å². The summed E-state index contributed by atoms with van der Waals surface area (Å²) in [5.41, 5.74) is 0.758. The van der Waals surface area contributed by atoms with E-state index in [1.54, 1.807) is 0 Å². The highest BCUT2D eigenvalue weighted by atomic mass is 28.3. The Balaban J connectivity index is 2.37. The first-order valence-corrected chi connectivity index (χ1v) is 7.93. The number of carboxylic acids is 1. The Bertz CT molecular complexity index is 190. The van der Waals surface area contributed by atoms with Crippen molar-refractivity contribution < 1.29 is 14.6 Å². The van der Waals surface area contributed by atoms with Crippen LogP contribution in [0, 0.1) is 0 Å². The fourth-order valence-corrected chi connectivity index (χ4v) is 4.52. The van der Waals surface area contributed by atoms with Crippen molar-refractivity contribution in [3.63, 3.8) is 0 Å². The van der Waals surface area contributed by atoms with E-state index >= 15 is 0 Å². The topological polar surface area (TPSA) is 46.5 Å². The van der Waals surface area contributed by atoms with E-state index in [0.717, 1.165) is 13.0 Å². The number of carboxylic acid groups (broad SMARTS) is 1. The van der Waals surface area contributed by atoms with Crippen molar-refractivity contribution in [2.45, 2.75) is 50.4 Å². The second-order valence-electron chi connectivity index (χ2n) is 4.34. The summed E-state index contributed by atoms with van der Waals surface area (Å²) >= 11 is 0. The van der Waals surface area contributed by atoms with Crippen LogP contribution in [0.4, 0.5) is 0 Å². The zero-order valence-electron chi connectivity index (χ0n) is 9.03. The van der Waals surface area contributed by atoms with Crippen LogP contribution in [0.5, 0.6) is 0 Å². The van der Waals surface area contributed by atoms with Crippen molar-refractivity contribution in [2.24, 2.45) is 0 Å². The third kappa shape index (κ3) is 3.42. The fraction of sp³-hybridized carbons (Fsp3) is 0.900. The van der Waals surface area contributed by atoms with Crippen LogP contribution >= 0.6 is 0 Å². The van der Waals surface area contributed by atoms with Crippen molar-refractivity contribution in [3.8, 4) is 0 Å². The van der Waals surface area contributed by atoms with Gasteiger partial charge in [0, 0.05) is 18.8 Å². The molecule has 0 amide bonds. The van der Waals surface area contributed by atoms with Gasteiger partial charge in [0.1, 0.15) is 0 Å². The maximum absolute atomic E-state index is 10.6. The van der Waals surface area contributed by atoms with Gasteiger partial charge in [-0.05, 0) is 24.8 Å². The van der Waals surface area contributed by atoms with Gasteiger partial charge in [0.15, 0.2) is 0 Å². The van der Waals surface area contributed by atoms with E-state index in [9.17, 15) is 4.79 Å². The Kier molecular flexibility index (Phi) is 4.61. The van der Waals surface area contributed by atoms with E-state index in [-0.39, 0.29) is 0 Å². The van der Waals surface area contributed by atoms with Crippen LogP contribution in [0.2, 0.25) is 12.1 Å². The van der Waals surface area contributed by atoms with Crippen LogP contribution in [0.3, 0.4) is 0 Å². The lowest BCUT2D eigenvalue weighted by Gasteiger charge is -2.30. The molecule has 0 aromatic rings. The fourth-order valence-electron chi connectivity index (χ4n) is 2.01. The third-order valence-electron chi connectivity index (χ3n) is 3.20. The Hall–Kier alpha value is -0.353. The van der Waals surface area contributed by atoms with E-state index in [4.69, 9.17) is 9.84 Å². The lowest BCUT2D eigenvalue weighted by Crippen LogP contribution is -2.37. The van der Waals surface area contributed by atoms with Gasteiger partial charge in [0.05, 0.1) is 8.80 Å². The number of rotatable bonds is 4. The van der Waals surface area contributed by atoms with Crippen molar-refractivity contribution in [1.82, 2.24) is 0 Å². The molecule has 1 heterocycles. The molecule has 0 spiro atoms. The number of carbonyl (C=O) groups is 1. The van der Waals surface area contributed by atoms with E-state index in [1.807, 2.05) is 0 Å². The second kappa shape index (κ2) is 5.51. The quantitative estimate of drug-likeness (QED) is 0.729. The van der Waals surface area contributed by atoms with Crippen LogP contribution in [0.25, 0.3) is 0 Å². The number of ether oxygens (including phenoxy) is 1. The highest BCUT2D eigenvalue weighted by molar-refractivity contribution is 6.60. The van der Waals surface area contributed by atoms with Crippen LogP contribution in [-0.2, 0) is 9.53 Å². The van der Waals surface area contributed by atoms with Crippen LogP contribution in [-0.4, -0.2) is 32.2 Å². The summed E-state index contributed by atoms with van der Waals surface area (Å²) in [6.45, 7) is 5.17. The highest BCUT2D eigenvalue weighted by Crippen LogP contribution is 2.24. The van der Waals surface area contributed by atoms with Crippen molar-refractivity contribution >= 4 is 14.8 Å². The maximum Gasteiger partial charge on any atom is 0.303 e. The van der Waals surface area contributed by atoms with Crippen molar-refractivity contribution in [1.29, 1.82) is 0 Å². The normalized spacial score (nSPS) is 26.9. The summed E-state index contributed by atoms with van der Waals surface area (Å²) < 4.78 is 5.71. The smallest absolute Gasteiger partial charge is 0.303 e. The Morgan fingerprint density at radius 2 is 2.36 bits per heavy atom. The molecule has 3 nitrogen and oxygen atoms in total. The Morgan fingerprint density at radius 1 is 1.64 bits per heavy atom. The molecule has 0 radical (unpaired) electrons. The minimum atomic E-state index is -1.04. The largest absolute Gasteiger partial charge is 0.481 e. The third-order valence-corrected chi connectivity index (χ3v) is 6.92. The molecular weight excluding hydrogens is 196 g/mol. The monoisotopic (exact) mass is 216 g/mol. The summed E-state index contributed by atoms with van der Waals surface area (Å²) in [5.74, 6) is -0.673. The van der Waals surface area contributed by atoms with Crippen molar-refractivity contribution in [2.75, 3.05) is 6.61 Å². The summed E-state index contributed by atoms with van der Waals surface area (Å²) in [6.07, 6.45) is 3.89. The molecule has 4 heteroatoms. The lowest BCUT2D eigenvalue weighted by atomic mass is 10.2. The summed E-state index contributed by atoms with van der Waals surface area (Å²) in [7, 11) is -1.04. The standard InChI is InChI=1S/C10H20O3Si/c1-8(7-9(11)12)14(2)10-5-3-4-6-13-10/h8,10,14H,3-7H2,1-2H3,(H,11,12). The van der Waals surface area contributed by atoms with Gasteiger partial charge >= 0.3 is 5.97 Å². The molecule has 82 valence electrons. The van der Waals surface area contributed by atoms with Crippen molar-refractivity contribution in [3.05, 3.63) is 0 Å². The highest BCUT2D eigenvalue weighted by Gasteiger charge is 2.27. The summed E-state index contributed by atoms with van der Waals surface area (Å²) in [5, 5.41) is 8.71. The van der Waals surface area contributed by atoms with Crippen LogP contribution in [0.1, 0.15) is 32.6 Å². The zero-order valence-corrected chi connectivity index (χ0v) is 10.2. The molecule has 1 aliphatic rings. The SMILES string of the molecule is CC(CC(=O)O)[SiH](C)C1CCCCO1. The maximum atomic E-state index is 10.6. The molecule has 3 unspecified atom stereocenters. The van der Waals surface area contributed by atoms with Gasteiger partial charge in [-0.15, -0.1) is 0 Å². The first-order chi connectivity index (χ1) is 6.61. The van der Waals surface area contributed by atoms with Gasteiger partial charge in [0.2, 0.25) is 0 Å². The van der Waals surface area contributed by atoms with Gasteiger partial charge < -0.3 is 9.84 Å². The molecule has 1 aliphatic heterocycles. The predicted molar refractivity (Wildman–Crippen MR) is 58.3 cm³/mol. The first kappa shape index (κ1) is 11.7. The first-order valence-electron chi connectivity index (χ1n) is 5.44. The van der Waals surface area contributed by atoms with Gasteiger partial charge in [-0.1, -0.05) is 13.5 Å². The molecule has 14 heavy (non-hydrogen) atoms. The average molecular weight is 216 g/mol. The molecule has 1 fully saturated rings. The lowest BCUT2D eigenvalue weighted by molar-refractivity contribution is -0.137. The zero-order chi connectivity index (χ0) is 10.6. The molecular formula is C10H20O3Si. The number of aliphatic carboxylic acids is 1. The molecule has 0 saturated carbocycles. The predicted octanol–water partition coefficient (Wildman–Crippen LogP) is 1.82. The van der Waals surface area contributed by atoms with Gasteiger partial charge in [-0.3, -0.25) is 4.79 Å². The molecule has 3 atom stereocenters. The van der Waals surface area contributed by atoms with E-state index in [2.05, 4.69) is 13.5 Å². The number of hydrogen-bond acceptors (Lipinski definition) is 2. The second-order valence-corrected chi connectivity index (χ2v) is 7.94.